The van der Waals surface area contributed by atoms with Crippen LogP contribution in [0, 0.1) is 5.92 Å². The number of ether oxygens (including phenoxy) is 2. The van der Waals surface area contributed by atoms with Crippen LogP contribution in [0.4, 0.5) is 9.59 Å². The molecule has 0 bridgehead atoms. The van der Waals surface area contributed by atoms with Crippen LogP contribution in [-0.2, 0) is 14.3 Å². The number of urea groups is 1. The number of nitrogens with one attached hydrogen (secondary N) is 1. The smallest absolute Gasteiger partial charge is 0.429 e. The SMILES string of the molecule is CC(C)C(NC(=O)N1CCCN1C(=O)OC(C)(C)C)C(=O)OC(C)(C)C. The predicted molar refractivity (Wildman–Crippen MR) is 97.3 cm³/mol. The number of rotatable bonds is 3. The zero-order chi connectivity index (χ0) is 20.3. The third-order valence-electron chi connectivity index (χ3n) is 3.48. The molecule has 3 amide bonds. The van der Waals surface area contributed by atoms with Gasteiger partial charge < -0.3 is 14.8 Å². The number of carbonyl (C=O) groups is 3. The summed E-state index contributed by atoms with van der Waals surface area (Å²) in [5.41, 5.74) is -1.30. The molecule has 8 heteroatoms. The molecule has 0 spiro atoms. The summed E-state index contributed by atoms with van der Waals surface area (Å²) in [6.07, 6.45) is 0.0642. The molecule has 0 saturated carbocycles. The second kappa shape index (κ2) is 8.14. The minimum absolute atomic E-state index is 0.161. The Morgan fingerprint density at radius 1 is 0.885 bits per heavy atom. The second-order valence-corrected chi connectivity index (χ2v) is 8.78. The highest BCUT2D eigenvalue weighted by atomic mass is 16.6. The van der Waals surface area contributed by atoms with Crippen LogP contribution in [0.25, 0.3) is 0 Å². The summed E-state index contributed by atoms with van der Waals surface area (Å²) >= 11 is 0. The summed E-state index contributed by atoms with van der Waals surface area (Å²) in [5, 5.41) is 5.25. The highest BCUT2D eigenvalue weighted by Gasteiger charge is 2.37. The molecule has 8 nitrogen and oxygen atoms in total. The number of nitrogens with zero attached hydrogens (tertiary/aromatic N) is 2. The number of carbonyl (C=O) groups excluding carboxylic acids is 3. The van der Waals surface area contributed by atoms with E-state index in [0.717, 1.165) is 0 Å². The van der Waals surface area contributed by atoms with Crippen LogP contribution < -0.4 is 5.32 Å². The summed E-state index contributed by atoms with van der Waals surface area (Å²) in [5.74, 6) is -0.657. The number of amides is 3. The fraction of sp³-hybridized carbons (Fsp3) is 0.833. The highest BCUT2D eigenvalue weighted by molar-refractivity contribution is 5.85. The molecule has 1 N–H and O–H groups in total. The van der Waals surface area contributed by atoms with Crippen molar-refractivity contribution in [3.63, 3.8) is 0 Å². The first-order valence-electron chi connectivity index (χ1n) is 9.02. The lowest BCUT2D eigenvalue weighted by atomic mass is 10.0. The van der Waals surface area contributed by atoms with E-state index in [4.69, 9.17) is 9.47 Å². The third kappa shape index (κ3) is 6.72. The average Bonchev–Trinajstić information content (AvgIpc) is 2.89. The maximum atomic E-state index is 12.7. The lowest BCUT2D eigenvalue weighted by molar-refractivity contribution is -0.158. The van der Waals surface area contributed by atoms with E-state index in [9.17, 15) is 14.4 Å². The van der Waals surface area contributed by atoms with Gasteiger partial charge in [0.1, 0.15) is 17.2 Å². The van der Waals surface area contributed by atoms with Crippen LogP contribution in [0.1, 0.15) is 61.8 Å². The number of esters is 1. The molecule has 1 rings (SSSR count). The Hall–Kier alpha value is -1.99. The van der Waals surface area contributed by atoms with Gasteiger partial charge in [0.25, 0.3) is 0 Å². The summed E-state index contributed by atoms with van der Waals surface area (Å²) in [7, 11) is 0. The van der Waals surface area contributed by atoms with Crippen molar-refractivity contribution in [2.24, 2.45) is 5.92 Å². The Morgan fingerprint density at radius 3 is 1.85 bits per heavy atom. The van der Waals surface area contributed by atoms with Gasteiger partial charge in [0, 0.05) is 13.1 Å². The van der Waals surface area contributed by atoms with E-state index in [2.05, 4.69) is 5.32 Å². The summed E-state index contributed by atoms with van der Waals surface area (Å²) in [6.45, 7) is 15.0. The minimum Gasteiger partial charge on any atom is -0.458 e. The molecule has 1 aliphatic rings. The van der Waals surface area contributed by atoms with Gasteiger partial charge in [0.15, 0.2) is 0 Å². The molecule has 1 fully saturated rings. The van der Waals surface area contributed by atoms with Gasteiger partial charge in [0.05, 0.1) is 0 Å². The van der Waals surface area contributed by atoms with Gasteiger partial charge in [-0.15, -0.1) is 0 Å². The zero-order valence-electron chi connectivity index (χ0n) is 17.2. The van der Waals surface area contributed by atoms with E-state index >= 15 is 0 Å². The molecule has 0 aliphatic carbocycles. The van der Waals surface area contributed by atoms with Crippen molar-refractivity contribution in [3.8, 4) is 0 Å². The van der Waals surface area contributed by atoms with Crippen LogP contribution in [-0.4, -0.2) is 58.4 Å². The van der Waals surface area contributed by atoms with E-state index in [-0.39, 0.29) is 5.92 Å². The topological polar surface area (TPSA) is 88.2 Å². The molecule has 1 unspecified atom stereocenters. The Labute approximate surface area is 156 Å². The van der Waals surface area contributed by atoms with Gasteiger partial charge in [-0.2, -0.15) is 0 Å². The van der Waals surface area contributed by atoms with Crippen molar-refractivity contribution in [2.45, 2.75) is 79.1 Å². The monoisotopic (exact) mass is 371 g/mol. The van der Waals surface area contributed by atoms with Gasteiger partial charge in [0.2, 0.25) is 0 Å². The van der Waals surface area contributed by atoms with Crippen LogP contribution in [0.2, 0.25) is 0 Å². The quantitative estimate of drug-likeness (QED) is 0.771. The standard InChI is InChI=1S/C18H33N3O5/c1-12(2)13(14(22)25-17(3,4)5)19-15(23)20-10-9-11-21(20)16(24)26-18(6,7)8/h12-13H,9-11H2,1-8H3,(H,19,23). The molecule has 1 aliphatic heterocycles. The van der Waals surface area contributed by atoms with E-state index in [0.29, 0.717) is 19.5 Å². The molecular weight excluding hydrogens is 338 g/mol. The van der Waals surface area contributed by atoms with Gasteiger partial charge in [-0.25, -0.2) is 24.4 Å². The fourth-order valence-corrected chi connectivity index (χ4v) is 2.40. The molecule has 150 valence electrons. The van der Waals surface area contributed by atoms with Crippen molar-refractivity contribution in [3.05, 3.63) is 0 Å². The molecule has 1 saturated heterocycles. The average molecular weight is 371 g/mol. The fourth-order valence-electron chi connectivity index (χ4n) is 2.40. The Morgan fingerprint density at radius 2 is 1.38 bits per heavy atom. The summed E-state index contributed by atoms with van der Waals surface area (Å²) in [6, 6.07) is -1.32. The van der Waals surface area contributed by atoms with E-state index < -0.39 is 35.3 Å². The molecule has 0 aromatic carbocycles. The van der Waals surface area contributed by atoms with E-state index in [1.165, 1.54) is 10.0 Å². The molecule has 0 radical (unpaired) electrons. The first kappa shape index (κ1) is 22.1. The van der Waals surface area contributed by atoms with Crippen LogP contribution in [0.3, 0.4) is 0 Å². The first-order chi connectivity index (χ1) is 11.7. The van der Waals surface area contributed by atoms with Crippen LogP contribution >= 0.6 is 0 Å². The van der Waals surface area contributed by atoms with Crippen molar-refractivity contribution < 1.29 is 23.9 Å². The lowest BCUT2D eigenvalue weighted by Crippen LogP contribution is -2.55. The number of hydrazine groups is 1. The molecular formula is C18H33N3O5. The Kier molecular flexibility index (Phi) is 6.90. The Balaban J connectivity index is 2.82. The minimum atomic E-state index is -0.803. The van der Waals surface area contributed by atoms with E-state index in [1.54, 1.807) is 41.5 Å². The molecule has 1 atom stereocenters. The summed E-state index contributed by atoms with van der Waals surface area (Å²) in [4.78, 5) is 37.4. The van der Waals surface area contributed by atoms with Crippen LogP contribution in [0.15, 0.2) is 0 Å². The van der Waals surface area contributed by atoms with Crippen molar-refractivity contribution in [2.75, 3.05) is 13.1 Å². The van der Waals surface area contributed by atoms with Crippen molar-refractivity contribution in [1.29, 1.82) is 0 Å². The van der Waals surface area contributed by atoms with Gasteiger partial charge in [-0.05, 0) is 53.9 Å². The first-order valence-corrected chi connectivity index (χ1v) is 9.02. The highest BCUT2D eigenvalue weighted by Crippen LogP contribution is 2.18. The molecule has 0 aromatic rings. The molecule has 1 heterocycles. The van der Waals surface area contributed by atoms with E-state index in [1.807, 2.05) is 13.8 Å². The van der Waals surface area contributed by atoms with Gasteiger partial charge >= 0.3 is 18.1 Å². The predicted octanol–water partition coefficient (Wildman–Crippen LogP) is 2.92. The number of hydrogen-bond donors (Lipinski definition) is 1. The zero-order valence-corrected chi connectivity index (χ0v) is 17.2. The maximum Gasteiger partial charge on any atom is 0.429 e. The maximum absolute atomic E-state index is 12.7. The molecule has 26 heavy (non-hydrogen) atoms. The van der Waals surface area contributed by atoms with Crippen molar-refractivity contribution >= 4 is 18.1 Å². The van der Waals surface area contributed by atoms with Gasteiger partial charge in [-0.1, -0.05) is 13.8 Å². The lowest BCUT2D eigenvalue weighted by Gasteiger charge is -2.32. The normalized spacial score (nSPS) is 16.5. The number of hydrogen-bond acceptors (Lipinski definition) is 5. The third-order valence-corrected chi connectivity index (χ3v) is 3.48. The van der Waals surface area contributed by atoms with Gasteiger partial charge in [-0.3, -0.25) is 0 Å². The molecule has 0 aromatic heterocycles. The second-order valence-electron chi connectivity index (χ2n) is 8.78. The van der Waals surface area contributed by atoms with Crippen molar-refractivity contribution in [1.82, 2.24) is 15.3 Å². The van der Waals surface area contributed by atoms with Crippen LogP contribution in [0.5, 0.6) is 0 Å². The largest absolute Gasteiger partial charge is 0.458 e. The summed E-state index contributed by atoms with van der Waals surface area (Å²) < 4.78 is 10.7. The Bertz CT molecular complexity index is 534.